The van der Waals surface area contributed by atoms with Crippen LogP contribution in [0.1, 0.15) is 31.4 Å². The van der Waals surface area contributed by atoms with Gasteiger partial charge >= 0.3 is 11.8 Å². The number of ether oxygens (including phenoxy) is 3. The zero-order valence-corrected chi connectivity index (χ0v) is 23.5. The number of methoxy groups -OCH3 is 1. The first-order chi connectivity index (χ1) is 20.4. The van der Waals surface area contributed by atoms with Crippen LogP contribution in [0.3, 0.4) is 0 Å². The Labute approximate surface area is 243 Å². The summed E-state index contributed by atoms with van der Waals surface area (Å²) in [6.45, 7) is 4.33. The van der Waals surface area contributed by atoms with E-state index in [1.165, 1.54) is 12.1 Å². The van der Waals surface area contributed by atoms with E-state index in [2.05, 4.69) is 20.9 Å². The van der Waals surface area contributed by atoms with Crippen molar-refractivity contribution in [3.8, 4) is 23.0 Å². The van der Waals surface area contributed by atoms with E-state index in [1.54, 1.807) is 38.4 Å². The number of aromatic nitrogens is 1. The summed E-state index contributed by atoms with van der Waals surface area (Å²) in [7, 11) is 1.56. The molecule has 1 atom stereocenters. The summed E-state index contributed by atoms with van der Waals surface area (Å²) < 4.78 is 32.7. The quantitative estimate of drug-likeness (QED) is 0.231. The highest BCUT2D eigenvalue weighted by Gasteiger charge is 2.19. The van der Waals surface area contributed by atoms with Crippen LogP contribution in [0.5, 0.6) is 23.0 Å². The Morgan fingerprint density at radius 1 is 0.976 bits per heavy atom. The highest BCUT2D eigenvalue weighted by atomic mass is 19.1. The van der Waals surface area contributed by atoms with E-state index in [-0.39, 0.29) is 17.5 Å². The Hall–Kier alpha value is -4.70. The summed E-state index contributed by atoms with van der Waals surface area (Å²) in [6.07, 6.45) is 3.68. The highest BCUT2D eigenvalue weighted by Crippen LogP contribution is 2.38. The van der Waals surface area contributed by atoms with Crippen LogP contribution in [0, 0.1) is 11.7 Å². The van der Waals surface area contributed by atoms with Gasteiger partial charge in [-0.25, -0.2) is 4.39 Å². The number of benzene rings is 3. The highest BCUT2D eigenvalue weighted by molar-refractivity contribution is 6.39. The van der Waals surface area contributed by atoms with Crippen molar-refractivity contribution in [2.75, 3.05) is 32.1 Å². The lowest BCUT2D eigenvalue weighted by Crippen LogP contribution is -2.36. The van der Waals surface area contributed by atoms with Crippen molar-refractivity contribution >= 4 is 28.4 Å². The Bertz CT molecular complexity index is 1560. The summed E-state index contributed by atoms with van der Waals surface area (Å²) in [5, 5.41) is 9.03. The van der Waals surface area contributed by atoms with Crippen LogP contribution < -0.4 is 30.2 Å². The van der Waals surface area contributed by atoms with Crippen LogP contribution in [0.2, 0.25) is 0 Å². The Kier molecular flexibility index (Phi) is 9.13. The van der Waals surface area contributed by atoms with Crippen molar-refractivity contribution in [3.63, 3.8) is 0 Å². The lowest BCUT2D eigenvalue weighted by molar-refractivity contribution is -0.136. The maximum Gasteiger partial charge on any atom is 0.313 e. The second-order valence-electron chi connectivity index (χ2n) is 10.1. The number of carbonyl (C=O) groups is 2. The van der Waals surface area contributed by atoms with E-state index in [0.717, 1.165) is 37.6 Å². The normalized spacial score (nSPS) is 14.2. The molecule has 1 aromatic heterocycles. The van der Waals surface area contributed by atoms with Crippen LogP contribution in [0.4, 0.5) is 10.1 Å². The third-order valence-corrected chi connectivity index (χ3v) is 7.18. The number of fused-ring (bicyclic) bond motifs is 1. The number of anilines is 1. The predicted molar refractivity (Wildman–Crippen MR) is 157 cm³/mol. The van der Waals surface area contributed by atoms with Crippen molar-refractivity contribution in [3.05, 3.63) is 84.3 Å². The average molecular weight is 573 g/mol. The minimum absolute atomic E-state index is 0.0622. The fraction of sp³-hybridized carbons (Fsp3) is 0.281. The largest absolute Gasteiger partial charge is 0.493 e. The number of pyridine rings is 1. The van der Waals surface area contributed by atoms with Crippen molar-refractivity contribution < 1.29 is 28.2 Å². The van der Waals surface area contributed by atoms with Gasteiger partial charge in [-0.15, -0.1) is 0 Å². The second kappa shape index (κ2) is 13.3. The molecule has 4 aromatic rings. The van der Waals surface area contributed by atoms with E-state index < -0.39 is 17.6 Å². The molecule has 3 aromatic carbocycles. The molecule has 10 heteroatoms. The van der Waals surface area contributed by atoms with E-state index >= 15 is 4.39 Å². The number of carbonyl (C=O) groups excluding carboxylic acids is 2. The van der Waals surface area contributed by atoms with Gasteiger partial charge < -0.3 is 30.2 Å². The van der Waals surface area contributed by atoms with E-state index in [4.69, 9.17) is 14.2 Å². The summed E-state index contributed by atoms with van der Waals surface area (Å²) >= 11 is 0. The van der Waals surface area contributed by atoms with E-state index in [1.807, 2.05) is 30.3 Å². The average Bonchev–Trinajstić information content (AvgIpc) is 3.01. The molecule has 1 aliphatic heterocycles. The number of nitrogens with zero attached hydrogens (tertiary/aromatic N) is 1. The zero-order chi connectivity index (χ0) is 29.5. The van der Waals surface area contributed by atoms with Crippen molar-refractivity contribution in [1.29, 1.82) is 0 Å². The second-order valence-corrected chi connectivity index (χ2v) is 10.1. The van der Waals surface area contributed by atoms with Crippen LogP contribution in [-0.4, -0.2) is 43.6 Å². The number of halogens is 1. The van der Waals surface area contributed by atoms with Gasteiger partial charge in [-0.05, 0) is 68.6 Å². The molecule has 2 heterocycles. The van der Waals surface area contributed by atoms with Gasteiger partial charge in [0.05, 0.1) is 25.3 Å². The molecular weight excluding hydrogens is 539 g/mol. The molecule has 2 amide bonds. The first kappa shape index (κ1) is 28.8. The monoisotopic (exact) mass is 572 g/mol. The molecule has 0 aliphatic carbocycles. The van der Waals surface area contributed by atoms with Gasteiger partial charge in [0, 0.05) is 29.4 Å². The van der Waals surface area contributed by atoms with Gasteiger partial charge in [0.1, 0.15) is 5.75 Å². The van der Waals surface area contributed by atoms with Gasteiger partial charge in [0.25, 0.3) is 0 Å². The molecule has 1 saturated heterocycles. The number of amides is 2. The van der Waals surface area contributed by atoms with Gasteiger partial charge in [-0.1, -0.05) is 30.3 Å². The molecular formula is C32H33FN4O5. The van der Waals surface area contributed by atoms with Gasteiger partial charge in [-0.2, -0.15) is 0 Å². The summed E-state index contributed by atoms with van der Waals surface area (Å²) in [5.41, 5.74) is 1.58. The number of hydrogen-bond donors (Lipinski definition) is 3. The van der Waals surface area contributed by atoms with Crippen LogP contribution in [-0.2, 0) is 9.59 Å². The first-order valence-corrected chi connectivity index (χ1v) is 13.9. The number of nitrogens with one attached hydrogen (secondary N) is 3. The van der Waals surface area contributed by atoms with Crippen LogP contribution in [0.15, 0.2) is 72.9 Å². The third kappa shape index (κ3) is 6.95. The fourth-order valence-electron chi connectivity index (χ4n) is 4.80. The predicted octanol–water partition coefficient (Wildman–Crippen LogP) is 5.37. The molecule has 42 heavy (non-hydrogen) atoms. The fourth-order valence-corrected chi connectivity index (χ4v) is 4.80. The van der Waals surface area contributed by atoms with Gasteiger partial charge in [0.15, 0.2) is 23.1 Å². The molecule has 3 N–H and O–H groups in total. The standard InChI is InChI=1S/C32H33FN4O5/c1-20(22-6-4-3-5-7-22)36-31(38)32(39)37-23-8-9-28(25(33)16-23)42-27-12-15-35-26-18-30(29(40-2)17-24(26)27)41-19-21-10-13-34-14-11-21/h3-9,12,15-18,20-21,34H,10-11,13-14,19H2,1-2H3,(H,36,38)(H,37,39). The van der Waals surface area contributed by atoms with Crippen LogP contribution in [0.25, 0.3) is 10.9 Å². The molecule has 218 valence electrons. The molecule has 0 spiro atoms. The smallest absolute Gasteiger partial charge is 0.313 e. The summed E-state index contributed by atoms with van der Waals surface area (Å²) in [5.74, 6) is -0.572. The topological polar surface area (TPSA) is 111 Å². The molecule has 9 nitrogen and oxygen atoms in total. The zero-order valence-electron chi connectivity index (χ0n) is 23.5. The summed E-state index contributed by atoms with van der Waals surface area (Å²) in [4.78, 5) is 29.2. The first-order valence-electron chi connectivity index (χ1n) is 13.9. The molecule has 0 bridgehead atoms. The number of rotatable bonds is 9. The Morgan fingerprint density at radius 3 is 2.50 bits per heavy atom. The molecule has 1 fully saturated rings. The Balaban J connectivity index is 1.26. The SMILES string of the molecule is COc1cc2c(Oc3ccc(NC(=O)C(=O)NC(C)c4ccccc4)cc3F)ccnc2cc1OCC1CCNCC1. The number of piperidine rings is 1. The Morgan fingerprint density at radius 2 is 1.76 bits per heavy atom. The minimum atomic E-state index is -0.906. The lowest BCUT2D eigenvalue weighted by Gasteiger charge is -2.23. The molecule has 0 saturated carbocycles. The van der Waals surface area contributed by atoms with Gasteiger partial charge in [-0.3, -0.25) is 14.6 Å². The van der Waals surface area contributed by atoms with Crippen LogP contribution >= 0.6 is 0 Å². The third-order valence-electron chi connectivity index (χ3n) is 7.18. The number of hydrogen-bond acceptors (Lipinski definition) is 7. The molecule has 1 unspecified atom stereocenters. The minimum Gasteiger partial charge on any atom is -0.493 e. The van der Waals surface area contributed by atoms with E-state index in [9.17, 15) is 9.59 Å². The van der Waals surface area contributed by atoms with Crippen molar-refractivity contribution in [2.45, 2.75) is 25.8 Å². The molecule has 5 rings (SSSR count). The maximum atomic E-state index is 15.1. The molecule has 1 aliphatic rings. The van der Waals surface area contributed by atoms with E-state index in [0.29, 0.717) is 40.7 Å². The van der Waals surface area contributed by atoms with Gasteiger partial charge in [0.2, 0.25) is 0 Å². The lowest BCUT2D eigenvalue weighted by atomic mass is 9.99. The maximum absolute atomic E-state index is 15.1. The van der Waals surface area contributed by atoms with Crippen molar-refractivity contribution in [1.82, 2.24) is 15.6 Å². The van der Waals surface area contributed by atoms with Crippen molar-refractivity contribution in [2.24, 2.45) is 5.92 Å². The molecule has 0 radical (unpaired) electrons. The summed E-state index contributed by atoms with van der Waals surface area (Å²) in [6, 6.07) is 18.0.